The number of carbonyl (C=O) groups excluding carboxylic acids is 1. The molecule has 0 amide bonds. The van der Waals surface area contributed by atoms with Crippen LogP contribution in [0.15, 0.2) is 66.7 Å². The number of ether oxygens (including phenoxy) is 1. The molecular weight excluding hydrogens is 405 g/mol. The predicted octanol–water partition coefficient (Wildman–Crippen LogP) is 5.25. The van der Waals surface area contributed by atoms with Crippen molar-refractivity contribution >= 4 is 12.0 Å². The molecule has 3 aromatic carbocycles. The number of fused-ring (bicyclic) bond motifs is 1. The van der Waals surface area contributed by atoms with Gasteiger partial charge in [0.1, 0.15) is 23.6 Å². The van der Waals surface area contributed by atoms with Crippen LogP contribution in [0.4, 0.5) is 10.1 Å². The minimum atomic E-state index is -0.258. The van der Waals surface area contributed by atoms with Gasteiger partial charge in [0.05, 0.1) is 6.61 Å². The van der Waals surface area contributed by atoms with E-state index >= 15 is 0 Å². The Morgan fingerprint density at radius 2 is 1.75 bits per heavy atom. The lowest BCUT2D eigenvalue weighted by atomic mass is 9.76. The highest BCUT2D eigenvalue weighted by Gasteiger charge is 2.34. The van der Waals surface area contributed by atoms with Gasteiger partial charge in [-0.25, -0.2) is 4.39 Å². The lowest BCUT2D eigenvalue weighted by molar-refractivity contribution is -0.111. The van der Waals surface area contributed by atoms with Gasteiger partial charge >= 0.3 is 0 Å². The molecule has 2 heterocycles. The lowest BCUT2D eigenvalue weighted by Crippen LogP contribution is -2.34. The van der Waals surface area contributed by atoms with E-state index in [1.54, 1.807) is 24.3 Å². The Morgan fingerprint density at radius 3 is 2.47 bits per heavy atom. The minimum Gasteiger partial charge on any atom is -0.508 e. The second-order valence-corrected chi connectivity index (χ2v) is 8.72. The van der Waals surface area contributed by atoms with Crippen LogP contribution >= 0.6 is 0 Å². The number of phenolic OH excluding ortho intramolecular Hbond substituents is 1. The van der Waals surface area contributed by atoms with Crippen LogP contribution in [-0.2, 0) is 4.79 Å². The second kappa shape index (κ2) is 8.65. The molecule has 0 aliphatic carbocycles. The molecule has 1 fully saturated rings. The number of hydrogen-bond acceptors (Lipinski definition) is 4. The Bertz CT molecular complexity index is 1110. The third-order valence-electron chi connectivity index (χ3n) is 6.78. The second-order valence-electron chi connectivity index (χ2n) is 8.72. The fraction of sp³-hybridized carbons (Fsp3) is 0.296. The number of hydrogen-bond donors (Lipinski definition) is 1. The van der Waals surface area contributed by atoms with Crippen molar-refractivity contribution in [2.75, 3.05) is 24.6 Å². The zero-order valence-electron chi connectivity index (χ0n) is 17.8. The quantitative estimate of drug-likeness (QED) is 0.573. The van der Waals surface area contributed by atoms with E-state index in [0.29, 0.717) is 12.4 Å². The summed E-state index contributed by atoms with van der Waals surface area (Å²) < 4.78 is 20.0. The summed E-state index contributed by atoms with van der Waals surface area (Å²) in [7, 11) is 0. The average Bonchev–Trinajstić information content (AvgIpc) is 2.83. The van der Waals surface area contributed by atoms with Crippen molar-refractivity contribution in [1.82, 2.24) is 0 Å². The van der Waals surface area contributed by atoms with Crippen molar-refractivity contribution in [1.29, 1.82) is 0 Å². The first-order valence-electron chi connectivity index (χ1n) is 11.1. The molecule has 2 aliphatic rings. The van der Waals surface area contributed by atoms with Gasteiger partial charge in [-0.1, -0.05) is 30.3 Å². The maximum Gasteiger partial charge on any atom is 0.126 e. The lowest BCUT2D eigenvalue weighted by Gasteiger charge is -2.35. The molecule has 5 heteroatoms. The normalized spacial score (nSPS) is 21.0. The number of rotatable bonds is 4. The number of aldehydes is 1. The van der Waals surface area contributed by atoms with Crippen LogP contribution in [0.5, 0.6) is 11.5 Å². The van der Waals surface area contributed by atoms with Crippen LogP contribution in [0.25, 0.3) is 0 Å². The van der Waals surface area contributed by atoms with Crippen molar-refractivity contribution < 1.29 is 19.0 Å². The summed E-state index contributed by atoms with van der Waals surface area (Å²) in [5.74, 6) is 0.691. The molecule has 1 N–H and O–H groups in total. The summed E-state index contributed by atoms with van der Waals surface area (Å²) in [4.78, 5) is 13.4. The van der Waals surface area contributed by atoms with Crippen molar-refractivity contribution in [2.24, 2.45) is 5.92 Å². The van der Waals surface area contributed by atoms with Crippen LogP contribution in [0.2, 0.25) is 0 Å². The number of anilines is 1. The Morgan fingerprint density at radius 1 is 0.969 bits per heavy atom. The molecule has 5 rings (SSSR count). The standard InChI is InChI=1S/C27H26FNO3/c28-21-3-1-2-20(14-21)25-17-32-26-15-23(31)8-9-24(26)27(25)19-4-6-22(7-5-19)29-12-10-18(16-30)11-13-29/h1-9,14-16,18,25,27,31H,10-13,17H2. The summed E-state index contributed by atoms with van der Waals surface area (Å²) in [6.45, 7) is 2.17. The molecule has 2 atom stereocenters. The van der Waals surface area contributed by atoms with Gasteiger partial charge in [-0.2, -0.15) is 0 Å². The molecule has 1 saturated heterocycles. The summed E-state index contributed by atoms with van der Waals surface area (Å²) in [6, 6.07) is 20.5. The van der Waals surface area contributed by atoms with Gasteiger partial charge in [0.2, 0.25) is 0 Å². The molecule has 0 saturated carbocycles. The number of halogens is 1. The van der Waals surface area contributed by atoms with Gasteiger partial charge < -0.3 is 19.5 Å². The average molecular weight is 432 g/mol. The zero-order chi connectivity index (χ0) is 22.1. The van der Waals surface area contributed by atoms with E-state index in [1.165, 1.54) is 6.07 Å². The first-order chi connectivity index (χ1) is 15.6. The maximum absolute atomic E-state index is 14.0. The fourth-order valence-corrected chi connectivity index (χ4v) is 5.02. The first kappa shape index (κ1) is 20.6. The molecule has 0 radical (unpaired) electrons. The van der Waals surface area contributed by atoms with Crippen molar-refractivity contribution in [3.63, 3.8) is 0 Å². The molecule has 2 unspecified atom stereocenters. The Kier molecular flexibility index (Phi) is 5.56. The first-order valence-corrected chi connectivity index (χ1v) is 11.1. The third kappa shape index (κ3) is 3.95. The van der Waals surface area contributed by atoms with E-state index in [-0.39, 0.29) is 29.3 Å². The van der Waals surface area contributed by atoms with Gasteiger partial charge in [0.25, 0.3) is 0 Å². The van der Waals surface area contributed by atoms with Crippen molar-refractivity contribution in [3.8, 4) is 11.5 Å². The largest absolute Gasteiger partial charge is 0.508 e. The van der Waals surface area contributed by atoms with Gasteiger partial charge in [-0.15, -0.1) is 0 Å². The zero-order valence-corrected chi connectivity index (χ0v) is 17.8. The highest BCUT2D eigenvalue weighted by atomic mass is 19.1. The molecule has 2 aliphatic heterocycles. The van der Waals surface area contributed by atoms with Gasteiger partial charge in [0, 0.05) is 48.2 Å². The molecule has 164 valence electrons. The number of phenols is 1. The maximum atomic E-state index is 14.0. The Labute approximate surface area is 187 Å². The number of piperidine rings is 1. The molecule has 0 aromatic heterocycles. The summed E-state index contributed by atoms with van der Waals surface area (Å²) in [5, 5.41) is 9.92. The number of benzene rings is 3. The van der Waals surface area contributed by atoms with Crippen LogP contribution < -0.4 is 9.64 Å². The van der Waals surface area contributed by atoms with E-state index in [2.05, 4.69) is 29.2 Å². The molecule has 0 bridgehead atoms. The molecule has 3 aromatic rings. The van der Waals surface area contributed by atoms with Crippen LogP contribution in [-0.4, -0.2) is 31.1 Å². The molecular formula is C27H26FNO3. The highest BCUT2D eigenvalue weighted by molar-refractivity contribution is 5.57. The molecule has 0 spiro atoms. The summed E-state index contributed by atoms with van der Waals surface area (Å²) >= 11 is 0. The fourth-order valence-electron chi connectivity index (χ4n) is 5.02. The van der Waals surface area contributed by atoms with E-state index in [1.807, 2.05) is 12.1 Å². The third-order valence-corrected chi connectivity index (χ3v) is 6.78. The van der Waals surface area contributed by atoms with Gasteiger partial charge in [0.15, 0.2) is 0 Å². The molecule has 32 heavy (non-hydrogen) atoms. The van der Waals surface area contributed by atoms with Crippen LogP contribution in [0.1, 0.15) is 41.4 Å². The van der Waals surface area contributed by atoms with Crippen molar-refractivity contribution in [3.05, 3.63) is 89.2 Å². The number of carbonyl (C=O) groups is 1. The van der Waals surface area contributed by atoms with E-state index in [4.69, 9.17) is 4.74 Å². The summed E-state index contributed by atoms with van der Waals surface area (Å²) in [6.07, 6.45) is 2.86. The molecule has 4 nitrogen and oxygen atoms in total. The number of aromatic hydroxyl groups is 1. The number of nitrogens with zero attached hydrogens (tertiary/aromatic N) is 1. The van der Waals surface area contributed by atoms with E-state index < -0.39 is 0 Å². The minimum absolute atomic E-state index is 0.0176. The predicted molar refractivity (Wildman–Crippen MR) is 122 cm³/mol. The van der Waals surface area contributed by atoms with Gasteiger partial charge in [-0.3, -0.25) is 0 Å². The summed E-state index contributed by atoms with van der Waals surface area (Å²) in [5.41, 5.74) is 4.16. The van der Waals surface area contributed by atoms with Crippen molar-refractivity contribution in [2.45, 2.75) is 24.7 Å². The van der Waals surface area contributed by atoms with E-state index in [0.717, 1.165) is 54.6 Å². The SMILES string of the molecule is O=CC1CCN(c2ccc(C3c4ccc(O)cc4OCC3c3cccc(F)c3)cc2)CC1. The van der Waals surface area contributed by atoms with Gasteiger partial charge in [-0.05, 0) is 54.3 Å². The Hall–Kier alpha value is -3.34. The Balaban J connectivity index is 1.49. The smallest absolute Gasteiger partial charge is 0.126 e. The van der Waals surface area contributed by atoms with Crippen LogP contribution in [0, 0.1) is 11.7 Å². The monoisotopic (exact) mass is 431 g/mol. The van der Waals surface area contributed by atoms with Crippen LogP contribution in [0.3, 0.4) is 0 Å². The topological polar surface area (TPSA) is 49.8 Å². The highest BCUT2D eigenvalue weighted by Crippen LogP contribution is 2.47. The van der Waals surface area contributed by atoms with E-state index in [9.17, 15) is 14.3 Å².